The van der Waals surface area contributed by atoms with Gasteiger partial charge in [-0.25, -0.2) is 0 Å². The predicted molar refractivity (Wildman–Crippen MR) is 112 cm³/mol. The van der Waals surface area contributed by atoms with Gasteiger partial charge in [-0.1, -0.05) is 78.4 Å². The smallest absolute Gasteiger partial charge is 0.0731 e. The molecule has 0 spiro atoms. The minimum Gasteiger partial charge on any atom is -0.288 e. The molecule has 2 heterocycles. The molecular formula is C25H26N2. The maximum atomic E-state index is 4.83. The lowest BCUT2D eigenvalue weighted by molar-refractivity contribution is 0.183. The van der Waals surface area contributed by atoms with Gasteiger partial charge in [-0.05, 0) is 44.0 Å². The van der Waals surface area contributed by atoms with Gasteiger partial charge in [0.15, 0.2) is 0 Å². The van der Waals surface area contributed by atoms with Crippen molar-refractivity contribution < 1.29 is 0 Å². The van der Waals surface area contributed by atoms with Crippen LogP contribution >= 0.6 is 0 Å². The summed E-state index contributed by atoms with van der Waals surface area (Å²) in [5.74, 6) is 0. The predicted octanol–water partition coefficient (Wildman–Crippen LogP) is 6.12. The van der Waals surface area contributed by atoms with Crippen LogP contribution in [0, 0.1) is 6.92 Å². The van der Waals surface area contributed by atoms with Crippen LogP contribution < -0.4 is 0 Å². The molecule has 1 aliphatic rings. The third kappa shape index (κ3) is 3.45. The molecule has 0 fully saturated rings. The molecule has 0 saturated carbocycles. The van der Waals surface area contributed by atoms with Gasteiger partial charge in [0.2, 0.25) is 0 Å². The van der Waals surface area contributed by atoms with E-state index in [0.29, 0.717) is 12.1 Å². The third-order valence-electron chi connectivity index (χ3n) is 5.64. The number of rotatable bonds is 3. The average molecular weight is 354 g/mol. The molecule has 27 heavy (non-hydrogen) atoms. The summed E-state index contributed by atoms with van der Waals surface area (Å²) < 4.78 is 0. The molecule has 0 bridgehead atoms. The van der Waals surface area contributed by atoms with E-state index in [4.69, 9.17) is 4.98 Å². The van der Waals surface area contributed by atoms with Crippen molar-refractivity contribution >= 4 is 0 Å². The van der Waals surface area contributed by atoms with E-state index in [1.54, 1.807) is 0 Å². The van der Waals surface area contributed by atoms with Crippen LogP contribution in [0.1, 0.15) is 42.1 Å². The number of aryl methyl sites for hydroxylation is 1. The standard InChI is InChI=1S/C25H26N2/c1-18-14-15-23(27(3)25(18)21-12-8-5-9-13-21)22-16-19(2)24(26-17-22)20-10-6-4-7-11-20/h4-14,16-17,23,25H,15H2,1-3H3/t23-,25-/m0/s1. The van der Waals surface area contributed by atoms with E-state index in [0.717, 1.165) is 12.1 Å². The first-order chi connectivity index (χ1) is 13.1. The topological polar surface area (TPSA) is 16.1 Å². The summed E-state index contributed by atoms with van der Waals surface area (Å²) >= 11 is 0. The lowest BCUT2D eigenvalue weighted by Crippen LogP contribution is -2.33. The quantitative estimate of drug-likeness (QED) is 0.527. The zero-order valence-corrected chi connectivity index (χ0v) is 16.3. The molecule has 4 rings (SSSR count). The number of hydrogen-bond donors (Lipinski definition) is 0. The molecule has 2 atom stereocenters. The van der Waals surface area contributed by atoms with E-state index < -0.39 is 0 Å². The van der Waals surface area contributed by atoms with E-state index in [1.165, 1.54) is 27.8 Å². The summed E-state index contributed by atoms with van der Waals surface area (Å²) in [5, 5.41) is 0. The van der Waals surface area contributed by atoms with Gasteiger partial charge >= 0.3 is 0 Å². The number of benzene rings is 2. The molecule has 2 nitrogen and oxygen atoms in total. The molecular weight excluding hydrogens is 328 g/mol. The molecule has 2 heteroatoms. The summed E-state index contributed by atoms with van der Waals surface area (Å²) in [7, 11) is 2.24. The Morgan fingerprint density at radius 3 is 2.22 bits per heavy atom. The molecule has 3 aromatic rings. The Hall–Kier alpha value is -2.71. The van der Waals surface area contributed by atoms with Gasteiger partial charge in [-0.15, -0.1) is 0 Å². The number of aromatic nitrogens is 1. The van der Waals surface area contributed by atoms with Gasteiger partial charge in [0.1, 0.15) is 0 Å². The minimum atomic E-state index is 0.319. The van der Waals surface area contributed by atoms with Gasteiger partial charge in [0.25, 0.3) is 0 Å². The second kappa shape index (κ2) is 7.50. The Morgan fingerprint density at radius 2 is 1.56 bits per heavy atom. The minimum absolute atomic E-state index is 0.319. The van der Waals surface area contributed by atoms with Crippen molar-refractivity contribution in [2.75, 3.05) is 7.05 Å². The largest absolute Gasteiger partial charge is 0.288 e. The lowest BCUT2D eigenvalue weighted by Gasteiger charge is -2.39. The van der Waals surface area contributed by atoms with E-state index in [1.807, 2.05) is 6.07 Å². The van der Waals surface area contributed by atoms with Gasteiger partial charge < -0.3 is 0 Å². The number of hydrogen-bond acceptors (Lipinski definition) is 2. The van der Waals surface area contributed by atoms with Gasteiger partial charge in [0, 0.05) is 17.8 Å². The average Bonchev–Trinajstić information content (AvgIpc) is 2.69. The number of nitrogens with zero attached hydrogens (tertiary/aromatic N) is 2. The molecule has 136 valence electrons. The van der Waals surface area contributed by atoms with Crippen LogP contribution in [-0.2, 0) is 0 Å². The summed E-state index contributed by atoms with van der Waals surface area (Å²) in [5.41, 5.74) is 7.55. The highest BCUT2D eigenvalue weighted by molar-refractivity contribution is 5.63. The summed E-state index contributed by atoms with van der Waals surface area (Å²) in [4.78, 5) is 7.32. The second-order valence-corrected chi connectivity index (χ2v) is 7.48. The van der Waals surface area contributed by atoms with Gasteiger partial charge in [-0.3, -0.25) is 9.88 Å². The summed E-state index contributed by atoms with van der Waals surface area (Å²) in [6.07, 6.45) is 5.48. The number of likely N-dealkylation sites (N-methyl/N-ethyl adjacent to an activating group) is 1. The molecule has 0 unspecified atom stereocenters. The maximum Gasteiger partial charge on any atom is 0.0731 e. The Morgan fingerprint density at radius 1 is 0.889 bits per heavy atom. The van der Waals surface area contributed by atoms with Crippen molar-refractivity contribution in [2.45, 2.75) is 32.4 Å². The molecule has 0 amide bonds. The van der Waals surface area contributed by atoms with Crippen LogP contribution in [0.25, 0.3) is 11.3 Å². The van der Waals surface area contributed by atoms with Crippen LogP contribution in [0.15, 0.2) is 84.6 Å². The van der Waals surface area contributed by atoms with E-state index in [9.17, 15) is 0 Å². The highest BCUT2D eigenvalue weighted by atomic mass is 15.2. The molecule has 0 N–H and O–H groups in total. The number of pyridine rings is 1. The molecule has 1 aromatic heterocycles. The summed E-state index contributed by atoms with van der Waals surface area (Å²) in [6, 6.07) is 24.2. The maximum absolute atomic E-state index is 4.83. The van der Waals surface area contributed by atoms with Crippen molar-refractivity contribution in [3.8, 4) is 11.3 Å². The van der Waals surface area contributed by atoms with Crippen molar-refractivity contribution in [2.24, 2.45) is 0 Å². The van der Waals surface area contributed by atoms with Gasteiger partial charge in [0.05, 0.1) is 11.7 Å². The highest BCUT2D eigenvalue weighted by Gasteiger charge is 2.30. The SMILES string of the molecule is CC1=CC[C@@H](c2cnc(-c3ccccc3)c(C)c2)N(C)[C@@H]1c1ccccc1. The monoisotopic (exact) mass is 354 g/mol. The lowest BCUT2D eigenvalue weighted by atomic mass is 9.88. The van der Waals surface area contributed by atoms with Crippen molar-refractivity contribution in [1.82, 2.24) is 9.88 Å². The van der Waals surface area contributed by atoms with E-state index in [-0.39, 0.29) is 0 Å². The Labute approximate surface area is 162 Å². The van der Waals surface area contributed by atoms with Crippen molar-refractivity contribution in [1.29, 1.82) is 0 Å². The fourth-order valence-electron chi connectivity index (χ4n) is 4.26. The molecule has 1 aliphatic heterocycles. The molecule has 0 radical (unpaired) electrons. The van der Waals surface area contributed by atoms with Crippen LogP contribution in [0.3, 0.4) is 0 Å². The fourth-order valence-corrected chi connectivity index (χ4v) is 4.26. The first-order valence-electron chi connectivity index (χ1n) is 9.60. The third-order valence-corrected chi connectivity index (χ3v) is 5.64. The Bertz CT molecular complexity index is 945. The molecule has 2 aromatic carbocycles. The zero-order chi connectivity index (χ0) is 18.8. The van der Waals surface area contributed by atoms with Crippen LogP contribution in [0.5, 0.6) is 0 Å². The highest BCUT2D eigenvalue weighted by Crippen LogP contribution is 2.40. The van der Waals surface area contributed by atoms with Crippen LogP contribution in [0.2, 0.25) is 0 Å². The Balaban J connectivity index is 1.67. The summed E-state index contributed by atoms with van der Waals surface area (Å²) in [6.45, 7) is 4.41. The zero-order valence-electron chi connectivity index (χ0n) is 16.3. The van der Waals surface area contributed by atoms with Crippen molar-refractivity contribution in [3.05, 3.63) is 101 Å². The van der Waals surface area contributed by atoms with Crippen molar-refractivity contribution in [3.63, 3.8) is 0 Å². The van der Waals surface area contributed by atoms with Crippen LogP contribution in [-0.4, -0.2) is 16.9 Å². The van der Waals surface area contributed by atoms with Gasteiger partial charge in [-0.2, -0.15) is 0 Å². The van der Waals surface area contributed by atoms with Crippen LogP contribution in [0.4, 0.5) is 0 Å². The molecule has 0 saturated heterocycles. The molecule has 0 aliphatic carbocycles. The first-order valence-corrected chi connectivity index (χ1v) is 9.60. The normalized spacial score (nSPS) is 20.3. The fraction of sp³-hybridized carbons (Fsp3) is 0.240. The van der Waals surface area contributed by atoms with E-state index in [2.05, 4.69) is 98.7 Å². The second-order valence-electron chi connectivity index (χ2n) is 7.48. The van der Waals surface area contributed by atoms with E-state index >= 15 is 0 Å². The Kier molecular flexibility index (Phi) is 4.91. The first kappa shape index (κ1) is 17.7.